The number of Topliss-reactive ketones (excluding diaryl/α,β-unsaturated/α-hetero) is 1. The highest BCUT2D eigenvalue weighted by Gasteiger charge is 2.32. The summed E-state index contributed by atoms with van der Waals surface area (Å²) in [6.07, 6.45) is 2.62. The molecule has 0 saturated carbocycles. The molecule has 2 aromatic rings. The lowest BCUT2D eigenvalue weighted by Crippen LogP contribution is -2.18. The molecule has 24 heavy (non-hydrogen) atoms. The average molecular weight is 344 g/mol. The van der Waals surface area contributed by atoms with Crippen LogP contribution in [0.3, 0.4) is 0 Å². The topological polar surface area (TPSA) is 59.2 Å². The van der Waals surface area contributed by atoms with Crippen molar-refractivity contribution in [3.63, 3.8) is 0 Å². The Bertz CT molecular complexity index is 805. The van der Waals surface area contributed by atoms with E-state index in [1.54, 1.807) is 6.92 Å². The smallest absolute Gasteiger partial charge is 0.355 e. The number of carbonyl (C=O) groups is 2. The van der Waals surface area contributed by atoms with Gasteiger partial charge in [0.25, 0.3) is 0 Å². The average Bonchev–Trinajstić information content (AvgIpc) is 2.90. The monoisotopic (exact) mass is 343 g/mol. The van der Waals surface area contributed by atoms with Crippen LogP contribution in [-0.4, -0.2) is 23.3 Å². The van der Waals surface area contributed by atoms with Crippen molar-refractivity contribution >= 4 is 23.4 Å². The molecule has 0 amide bonds. The molecule has 0 fully saturated rings. The Morgan fingerprint density at radius 2 is 2.08 bits per heavy atom. The van der Waals surface area contributed by atoms with Crippen LogP contribution < -0.4 is 0 Å². The fourth-order valence-electron chi connectivity index (χ4n) is 3.21. The van der Waals surface area contributed by atoms with Gasteiger partial charge in [-0.2, -0.15) is 0 Å². The second-order valence-electron chi connectivity index (χ2n) is 5.95. The molecule has 1 aliphatic carbocycles. The van der Waals surface area contributed by atoms with Gasteiger partial charge in [-0.05, 0) is 42.5 Å². The van der Waals surface area contributed by atoms with Gasteiger partial charge >= 0.3 is 5.97 Å². The number of esters is 1. The number of H-pyrrole nitrogens is 1. The minimum Gasteiger partial charge on any atom is -0.457 e. The lowest BCUT2D eigenvalue weighted by Gasteiger charge is -2.22. The normalized spacial score (nSPS) is 16.6. The van der Waals surface area contributed by atoms with Crippen molar-refractivity contribution in [3.8, 4) is 0 Å². The van der Waals surface area contributed by atoms with E-state index in [0.29, 0.717) is 34.7 Å². The first kappa shape index (κ1) is 16.5. The second kappa shape index (κ2) is 6.65. The SMILES string of the molecule is C=CCOC(=O)c1[nH]c2c(c1C)C(=O)C[C@H](c1ccc(Cl)cc1)C2. The highest BCUT2D eigenvalue weighted by atomic mass is 35.5. The second-order valence-corrected chi connectivity index (χ2v) is 6.38. The molecule has 1 aromatic carbocycles. The predicted octanol–water partition coefficient (Wildman–Crippen LogP) is 4.23. The van der Waals surface area contributed by atoms with Crippen LogP contribution in [0.1, 0.15) is 50.0 Å². The Balaban J connectivity index is 1.90. The predicted molar refractivity (Wildman–Crippen MR) is 92.9 cm³/mol. The molecule has 0 aliphatic heterocycles. The van der Waals surface area contributed by atoms with Crippen LogP contribution in [-0.2, 0) is 11.2 Å². The third-order valence-electron chi connectivity index (χ3n) is 4.37. The van der Waals surface area contributed by atoms with E-state index < -0.39 is 5.97 Å². The van der Waals surface area contributed by atoms with Crippen LogP contribution in [0.25, 0.3) is 0 Å². The van der Waals surface area contributed by atoms with Crippen molar-refractivity contribution in [1.82, 2.24) is 4.98 Å². The minimum atomic E-state index is -0.461. The fourth-order valence-corrected chi connectivity index (χ4v) is 3.34. The van der Waals surface area contributed by atoms with Crippen LogP contribution in [0, 0.1) is 6.92 Å². The standard InChI is InChI=1S/C19H18ClNO3/c1-3-8-24-19(23)18-11(2)17-15(21-18)9-13(10-16(17)22)12-4-6-14(20)7-5-12/h3-7,13,21H,1,8-10H2,2H3/t13-/m1/s1. The van der Waals surface area contributed by atoms with E-state index in [2.05, 4.69) is 11.6 Å². The number of halogens is 1. The number of fused-ring (bicyclic) bond motifs is 1. The Labute approximate surface area is 145 Å². The highest BCUT2D eigenvalue weighted by Crippen LogP contribution is 2.35. The van der Waals surface area contributed by atoms with Crippen LogP contribution >= 0.6 is 11.6 Å². The summed E-state index contributed by atoms with van der Waals surface area (Å²) >= 11 is 5.93. The van der Waals surface area contributed by atoms with E-state index in [0.717, 1.165) is 11.3 Å². The van der Waals surface area contributed by atoms with Crippen molar-refractivity contribution in [2.45, 2.75) is 25.7 Å². The zero-order valence-corrected chi connectivity index (χ0v) is 14.2. The molecule has 3 rings (SSSR count). The number of benzene rings is 1. The first-order valence-electron chi connectivity index (χ1n) is 7.79. The van der Waals surface area contributed by atoms with E-state index >= 15 is 0 Å². The summed E-state index contributed by atoms with van der Waals surface area (Å²) in [5.74, 6) is -0.331. The lowest BCUT2D eigenvalue weighted by molar-refractivity contribution is 0.0542. The Hall–Kier alpha value is -2.33. The molecule has 0 saturated heterocycles. The number of rotatable bonds is 4. The summed E-state index contributed by atoms with van der Waals surface area (Å²) in [6.45, 7) is 5.44. The largest absolute Gasteiger partial charge is 0.457 e. The first-order valence-corrected chi connectivity index (χ1v) is 8.17. The molecule has 5 heteroatoms. The van der Waals surface area contributed by atoms with Crippen molar-refractivity contribution in [3.05, 3.63) is 70.0 Å². The van der Waals surface area contributed by atoms with Crippen LogP contribution in [0.5, 0.6) is 0 Å². The maximum Gasteiger partial charge on any atom is 0.355 e. The van der Waals surface area contributed by atoms with E-state index in [1.165, 1.54) is 6.08 Å². The molecule has 1 aliphatic rings. The molecule has 0 spiro atoms. The van der Waals surface area contributed by atoms with Crippen LogP contribution in [0.4, 0.5) is 0 Å². The maximum absolute atomic E-state index is 12.6. The van der Waals surface area contributed by atoms with Gasteiger partial charge in [0, 0.05) is 22.7 Å². The number of hydrogen-bond donors (Lipinski definition) is 1. The fraction of sp³-hybridized carbons (Fsp3) is 0.263. The molecular weight excluding hydrogens is 326 g/mol. The first-order chi connectivity index (χ1) is 11.5. The maximum atomic E-state index is 12.6. The van der Waals surface area contributed by atoms with Crippen molar-refractivity contribution in [2.24, 2.45) is 0 Å². The molecule has 0 unspecified atom stereocenters. The molecule has 124 valence electrons. The molecule has 1 atom stereocenters. The molecule has 0 bridgehead atoms. The number of ketones is 1. The van der Waals surface area contributed by atoms with Crippen LogP contribution in [0.2, 0.25) is 5.02 Å². The summed E-state index contributed by atoms with van der Waals surface area (Å²) in [7, 11) is 0. The Kier molecular flexibility index (Phi) is 4.58. The zero-order chi connectivity index (χ0) is 17.3. The number of nitrogens with one attached hydrogen (secondary N) is 1. The lowest BCUT2D eigenvalue weighted by atomic mass is 9.81. The summed E-state index contributed by atoms with van der Waals surface area (Å²) < 4.78 is 5.08. The summed E-state index contributed by atoms with van der Waals surface area (Å²) in [6, 6.07) is 7.55. The van der Waals surface area contributed by atoms with Gasteiger partial charge in [-0.15, -0.1) is 0 Å². The number of hydrogen-bond acceptors (Lipinski definition) is 3. The van der Waals surface area contributed by atoms with Gasteiger partial charge in [-0.3, -0.25) is 4.79 Å². The van der Waals surface area contributed by atoms with Gasteiger partial charge in [0.05, 0.1) is 0 Å². The van der Waals surface area contributed by atoms with Gasteiger partial charge in [-0.1, -0.05) is 36.4 Å². The quantitative estimate of drug-likeness (QED) is 0.667. The Morgan fingerprint density at radius 3 is 2.75 bits per heavy atom. The third kappa shape index (κ3) is 3.02. The molecule has 1 heterocycles. The Morgan fingerprint density at radius 1 is 1.38 bits per heavy atom. The summed E-state index contributed by atoms with van der Waals surface area (Å²) in [5, 5.41) is 0.671. The van der Waals surface area contributed by atoms with Crippen LogP contribution in [0.15, 0.2) is 36.9 Å². The molecular formula is C19H18ClNO3. The van der Waals surface area contributed by atoms with Gasteiger partial charge in [0.15, 0.2) is 5.78 Å². The number of aromatic nitrogens is 1. The van der Waals surface area contributed by atoms with Gasteiger partial charge in [-0.25, -0.2) is 4.79 Å². The van der Waals surface area contributed by atoms with Gasteiger partial charge in [0.1, 0.15) is 12.3 Å². The van der Waals surface area contributed by atoms with Crippen molar-refractivity contribution < 1.29 is 14.3 Å². The molecule has 1 aromatic heterocycles. The summed E-state index contributed by atoms with van der Waals surface area (Å²) in [4.78, 5) is 27.8. The van der Waals surface area contributed by atoms with Gasteiger partial charge in [0.2, 0.25) is 0 Å². The van der Waals surface area contributed by atoms with E-state index in [-0.39, 0.29) is 18.3 Å². The van der Waals surface area contributed by atoms with E-state index in [9.17, 15) is 9.59 Å². The number of ether oxygens (including phenoxy) is 1. The van der Waals surface area contributed by atoms with E-state index in [4.69, 9.17) is 16.3 Å². The minimum absolute atomic E-state index is 0.0488. The molecule has 0 radical (unpaired) electrons. The number of carbonyl (C=O) groups excluding carboxylic acids is 2. The molecule has 4 nitrogen and oxygen atoms in total. The number of aromatic amines is 1. The molecule has 1 N–H and O–H groups in total. The highest BCUT2D eigenvalue weighted by molar-refractivity contribution is 6.30. The van der Waals surface area contributed by atoms with Crippen molar-refractivity contribution in [1.29, 1.82) is 0 Å². The van der Waals surface area contributed by atoms with E-state index in [1.807, 2.05) is 24.3 Å². The third-order valence-corrected chi connectivity index (χ3v) is 4.62. The van der Waals surface area contributed by atoms with Crippen molar-refractivity contribution in [2.75, 3.05) is 6.61 Å². The van der Waals surface area contributed by atoms with Gasteiger partial charge < -0.3 is 9.72 Å². The zero-order valence-electron chi connectivity index (χ0n) is 13.4. The summed E-state index contributed by atoms with van der Waals surface area (Å²) in [5.41, 5.74) is 3.52.